The maximum Gasteiger partial charge on any atom is 0.410 e. The molecule has 13 heteroatoms. The van der Waals surface area contributed by atoms with Gasteiger partial charge in [0.05, 0.1) is 51.7 Å². The first-order valence-electron chi connectivity index (χ1n) is 14.1. The Kier molecular flexibility index (Phi) is 12.9. The number of hydrogen-bond acceptors (Lipinski definition) is 9. The van der Waals surface area contributed by atoms with E-state index in [0.717, 1.165) is 11.6 Å². The minimum atomic E-state index is -1.42. The van der Waals surface area contributed by atoms with Crippen LogP contribution in [-0.2, 0) is 35.1 Å². The molecule has 41 heavy (non-hydrogen) atoms. The zero-order valence-electron chi connectivity index (χ0n) is 24.5. The number of ether oxygens (including phenoxy) is 5. The molecule has 2 aliphatic heterocycles. The number of carbonyl (C=O) groups is 3. The summed E-state index contributed by atoms with van der Waals surface area (Å²) < 4.78 is 27.9. The number of nitrogens with one attached hydrogen (secondary N) is 2. The van der Waals surface area contributed by atoms with Gasteiger partial charge in [-0.1, -0.05) is 65.9 Å². The average Bonchev–Trinajstić information content (AvgIpc) is 2.92. The van der Waals surface area contributed by atoms with Gasteiger partial charge in [-0.25, -0.2) is 14.4 Å². The Morgan fingerprint density at radius 3 is 2.49 bits per heavy atom. The van der Waals surface area contributed by atoms with Crippen molar-refractivity contribution < 1.29 is 38.1 Å². The van der Waals surface area contributed by atoms with E-state index in [1.54, 1.807) is 11.8 Å². The van der Waals surface area contributed by atoms with Crippen molar-refractivity contribution in [3.8, 4) is 0 Å². The first kappa shape index (κ1) is 33.3. The predicted octanol–water partition coefficient (Wildman–Crippen LogP) is 3.39. The lowest BCUT2D eigenvalue weighted by Gasteiger charge is -2.44. The zero-order chi connectivity index (χ0) is 29.9. The predicted molar refractivity (Wildman–Crippen MR) is 160 cm³/mol. The van der Waals surface area contributed by atoms with Gasteiger partial charge in [0.25, 0.3) is 0 Å². The van der Waals surface area contributed by atoms with Crippen molar-refractivity contribution in [2.75, 3.05) is 58.0 Å². The molecule has 0 radical (unpaired) electrons. The number of esters is 1. The standard InChI is InChI=1S/C28H44BrN3O8Si/c1-5-37-25(33)24(31-26(34)39-13-14-41(2,3)4)23(30-18-28(17-29)19-36-20-28)22-15-32(11-12-38-22)27(35)40-16-21-9-7-6-8-10-21/h6-10,22-24,30H,5,11-20H2,1-4H3,(H,31,34)/t22-,23-,24+/m1/s1. The monoisotopic (exact) mass is 657 g/mol. The van der Waals surface area contributed by atoms with Crippen LogP contribution < -0.4 is 10.6 Å². The topological polar surface area (TPSA) is 125 Å². The summed E-state index contributed by atoms with van der Waals surface area (Å²) in [7, 11) is -1.42. The van der Waals surface area contributed by atoms with Crippen molar-refractivity contribution in [2.45, 2.75) is 57.4 Å². The molecule has 2 N–H and O–H groups in total. The Morgan fingerprint density at radius 1 is 1.15 bits per heavy atom. The second-order valence-electron chi connectivity index (χ2n) is 11.7. The van der Waals surface area contributed by atoms with Crippen molar-refractivity contribution >= 4 is 42.2 Å². The molecule has 2 saturated heterocycles. The Labute approximate surface area is 252 Å². The van der Waals surface area contributed by atoms with E-state index >= 15 is 0 Å². The third kappa shape index (κ3) is 10.5. The Morgan fingerprint density at radius 2 is 1.88 bits per heavy atom. The van der Waals surface area contributed by atoms with Crippen molar-refractivity contribution in [1.82, 2.24) is 15.5 Å². The van der Waals surface area contributed by atoms with Gasteiger partial charge in [0.2, 0.25) is 0 Å². The van der Waals surface area contributed by atoms with Gasteiger partial charge in [0.1, 0.15) is 12.6 Å². The number of rotatable bonds is 14. The van der Waals surface area contributed by atoms with Crippen LogP contribution >= 0.6 is 15.9 Å². The number of amides is 2. The molecule has 0 aliphatic carbocycles. The molecule has 0 bridgehead atoms. The fraction of sp³-hybridized carbons (Fsp3) is 0.679. The van der Waals surface area contributed by atoms with E-state index in [4.69, 9.17) is 23.7 Å². The Balaban J connectivity index is 1.75. The molecular weight excluding hydrogens is 614 g/mol. The van der Waals surface area contributed by atoms with Gasteiger partial charge in [-0.2, -0.15) is 0 Å². The molecular formula is C28H44BrN3O8Si. The molecule has 0 unspecified atom stereocenters. The summed E-state index contributed by atoms with van der Waals surface area (Å²) >= 11 is 3.57. The lowest BCUT2D eigenvalue weighted by atomic mass is 9.87. The van der Waals surface area contributed by atoms with E-state index in [1.807, 2.05) is 30.3 Å². The van der Waals surface area contributed by atoms with Crippen LogP contribution in [0.25, 0.3) is 0 Å². The van der Waals surface area contributed by atoms with Crippen LogP contribution in [-0.4, -0.2) is 107 Å². The molecule has 1 aromatic carbocycles. The molecule has 11 nitrogen and oxygen atoms in total. The van der Waals surface area contributed by atoms with Gasteiger partial charge in [0, 0.05) is 31.9 Å². The number of carbonyl (C=O) groups excluding carboxylic acids is 3. The highest BCUT2D eigenvalue weighted by molar-refractivity contribution is 9.09. The highest BCUT2D eigenvalue weighted by Gasteiger charge is 2.44. The molecule has 1 aromatic rings. The van der Waals surface area contributed by atoms with E-state index in [9.17, 15) is 14.4 Å². The van der Waals surface area contributed by atoms with Gasteiger partial charge >= 0.3 is 18.2 Å². The maximum atomic E-state index is 13.2. The SMILES string of the molecule is CCOC(=O)[C@@H](NC(=O)OCC[Si](C)(C)C)[C@H](NCC1(CBr)COC1)[C@H]1CN(C(=O)OCc2ccccc2)CCO1. The van der Waals surface area contributed by atoms with E-state index in [2.05, 4.69) is 46.2 Å². The summed E-state index contributed by atoms with van der Waals surface area (Å²) in [5.74, 6) is -0.614. The molecule has 0 spiro atoms. The first-order chi connectivity index (χ1) is 19.6. The number of benzene rings is 1. The molecule has 2 heterocycles. The molecule has 0 aromatic heterocycles. The van der Waals surface area contributed by atoms with Crippen LogP contribution in [0, 0.1) is 5.41 Å². The number of nitrogens with zero attached hydrogens (tertiary/aromatic N) is 1. The van der Waals surface area contributed by atoms with Crippen LogP contribution in [0.5, 0.6) is 0 Å². The van der Waals surface area contributed by atoms with E-state index in [1.165, 1.54) is 0 Å². The smallest absolute Gasteiger partial charge is 0.410 e. The highest BCUT2D eigenvalue weighted by atomic mass is 79.9. The van der Waals surface area contributed by atoms with Crippen molar-refractivity contribution in [3.63, 3.8) is 0 Å². The highest BCUT2D eigenvalue weighted by Crippen LogP contribution is 2.29. The molecule has 0 saturated carbocycles. The van der Waals surface area contributed by atoms with Gasteiger partial charge in [0.15, 0.2) is 0 Å². The first-order valence-corrected chi connectivity index (χ1v) is 18.9. The molecule has 3 rings (SSSR count). The maximum absolute atomic E-state index is 13.2. The summed E-state index contributed by atoms with van der Waals surface area (Å²) in [6.07, 6.45) is -1.82. The molecule has 2 aliphatic rings. The third-order valence-corrected chi connectivity index (χ3v) is 9.92. The van der Waals surface area contributed by atoms with Gasteiger partial charge < -0.3 is 39.2 Å². The molecule has 2 amide bonds. The third-order valence-electron chi connectivity index (χ3n) is 7.03. The molecule has 2 fully saturated rings. The summed E-state index contributed by atoms with van der Waals surface area (Å²) in [4.78, 5) is 40.6. The van der Waals surface area contributed by atoms with Crippen LogP contribution in [0.15, 0.2) is 30.3 Å². The summed E-state index contributed by atoms with van der Waals surface area (Å²) in [6.45, 7) is 11.2. The number of alkyl carbamates (subject to hydrolysis) is 1. The normalized spacial score (nSPS) is 19.8. The summed E-state index contributed by atoms with van der Waals surface area (Å²) in [5, 5.41) is 6.87. The lowest BCUT2D eigenvalue weighted by Crippen LogP contribution is -2.66. The van der Waals surface area contributed by atoms with E-state index in [-0.39, 0.29) is 38.4 Å². The van der Waals surface area contributed by atoms with Crippen LogP contribution in [0.4, 0.5) is 9.59 Å². The number of morpholine rings is 1. The van der Waals surface area contributed by atoms with Crippen molar-refractivity contribution in [3.05, 3.63) is 35.9 Å². The summed E-state index contributed by atoms with van der Waals surface area (Å²) in [6, 6.07) is 8.40. The minimum Gasteiger partial charge on any atom is -0.464 e. The van der Waals surface area contributed by atoms with Crippen molar-refractivity contribution in [2.24, 2.45) is 5.41 Å². The largest absolute Gasteiger partial charge is 0.464 e. The second-order valence-corrected chi connectivity index (χ2v) is 17.9. The van der Waals surface area contributed by atoms with Gasteiger partial charge in [-0.15, -0.1) is 0 Å². The van der Waals surface area contributed by atoms with Gasteiger partial charge in [-0.05, 0) is 18.5 Å². The van der Waals surface area contributed by atoms with E-state index in [0.29, 0.717) is 31.6 Å². The average molecular weight is 659 g/mol. The number of hydrogen-bond donors (Lipinski definition) is 2. The number of halogens is 1. The summed E-state index contributed by atoms with van der Waals surface area (Å²) in [5.41, 5.74) is 0.713. The molecule has 3 atom stereocenters. The second kappa shape index (κ2) is 15.9. The van der Waals surface area contributed by atoms with E-state index < -0.39 is 44.4 Å². The Hall–Kier alpha value is -2.19. The zero-order valence-corrected chi connectivity index (χ0v) is 27.1. The quantitative estimate of drug-likeness (QED) is 0.134. The van der Waals surface area contributed by atoms with Crippen LogP contribution in [0.3, 0.4) is 0 Å². The minimum absolute atomic E-state index is 0.136. The van der Waals surface area contributed by atoms with Crippen LogP contribution in [0.2, 0.25) is 25.7 Å². The fourth-order valence-corrected chi connectivity index (χ4v) is 5.67. The Bertz CT molecular complexity index is 987. The fourth-order valence-electron chi connectivity index (χ4n) is 4.43. The number of alkyl halides is 1. The molecule has 230 valence electrons. The van der Waals surface area contributed by atoms with Gasteiger partial charge in [-0.3, -0.25) is 0 Å². The lowest BCUT2D eigenvalue weighted by molar-refractivity contribution is -0.149. The van der Waals surface area contributed by atoms with Crippen molar-refractivity contribution in [1.29, 1.82) is 0 Å². The van der Waals surface area contributed by atoms with Crippen LogP contribution in [0.1, 0.15) is 12.5 Å².